The third-order valence-corrected chi connectivity index (χ3v) is 3.47. The number of carbonyl (C=O) groups is 2. The van der Waals surface area contributed by atoms with Crippen LogP contribution in [0.2, 0.25) is 0 Å². The maximum absolute atomic E-state index is 12.4. The minimum absolute atomic E-state index is 0.0179. The molecule has 4 nitrogen and oxygen atoms in total. The molecule has 1 N–H and O–H groups in total. The minimum Gasteiger partial charge on any atom is -0.325 e. The van der Waals surface area contributed by atoms with E-state index in [2.05, 4.69) is 5.32 Å². The van der Waals surface area contributed by atoms with Gasteiger partial charge < -0.3 is 10.2 Å². The summed E-state index contributed by atoms with van der Waals surface area (Å²) in [6.07, 6.45) is 0. The van der Waals surface area contributed by atoms with E-state index < -0.39 is 0 Å². The van der Waals surface area contributed by atoms with Crippen molar-refractivity contribution in [1.29, 1.82) is 0 Å². The van der Waals surface area contributed by atoms with Crippen molar-refractivity contribution in [2.75, 3.05) is 26.0 Å². The van der Waals surface area contributed by atoms with Crippen molar-refractivity contribution in [3.8, 4) is 11.1 Å². The summed E-state index contributed by atoms with van der Waals surface area (Å²) in [5.41, 5.74) is 3.93. The number of nitrogens with zero attached hydrogens (tertiary/aromatic N) is 1. The highest BCUT2D eigenvalue weighted by molar-refractivity contribution is 6.22. The minimum atomic E-state index is -0.0945. The van der Waals surface area contributed by atoms with Gasteiger partial charge in [0.05, 0.1) is 6.54 Å². The van der Waals surface area contributed by atoms with Gasteiger partial charge in [0, 0.05) is 16.8 Å². The predicted molar refractivity (Wildman–Crippen MR) is 82.5 cm³/mol. The van der Waals surface area contributed by atoms with Crippen molar-refractivity contribution in [3.63, 3.8) is 0 Å². The molecular formula is C17H16N2O2. The van der Waals surface area contributed by atoms with Crippen LogP contribution in [0.4, 0.5) is 5.69 Å². The molecular weight excluding hydrogens is 264 g/mol. The molecule has 21 heavy (non-hydrogen) atoms. The van der Waals surface area contributed by atoms with Crippen molar-refractivity contribution >= 4 is 17.4 Å². The topological polar surface area (TPSA) is 49.4 Å². The molecule has 0 saturated carbocycles. The van der Waals surface area contributed by atoms with E-state index in [1.54, 1.807) is 11.0 Å². The van der Waals surface area contributed by atoms with E-state index in [1.165, 1.54) is 0 Å². The average molecular weight is 280 g/mol. The number of anilines is 1. The SMILES string of the molecule is CN(C)CC(=O)Nc1ccc2c(c1)C(=O)c1ccccc1-2. The summed E-state index contributed by atoms with van der Waals surface area (Å²) in [5, 5.41) is 2.82. The highest BCUT2D eigenvalue weighted by atomic mass is 16.2. The molecule has 106 valence electrons. The van der Waals surface area contributed by atoms with Gasteiger partial charge in [-0.25, -0.2) is 0 Å². The molecule has 4 heteroatoms. The van der Waals surface area contributed by atoms with Crippen LogP contribution in [0.1, 0.15) is 15.9 Å². The van der Waals surface area contributed by atoms with Crippen LogP contribution in [0.25, 0.3) is 11.1 Å². The van der Waals surface area contributed by atoms with E-state index in [0.29, 0.717) is 17.8 Å². The Morgan fingerprint density at radius 3 is 2.38 bits per heavy atom. The largest absolute Gasteiger partial charge is 0.325 e. The van der Waals surface area contributed by atoms with Crippen molar-refractivity contribution < 1.29 is 9.59 Å². The fourth-order valence-corrected chi connectivity index (χ4v) is 2.59. The Bertz CT molecular complexity index is 735. The molecule has 1 amide bonds. The molecule has 0 aliphatic heterocycles. The van der Waals surface area contributed by atoms with Gasteiger partial charge in [0.2, 0.25) is 5.91 Å². The highest BCUT2D eigenvalue weighted by Gasteiger charge is 2.26. The summed E-state index contributed by atoms with van der Waals surface area (Å²) in [4.78, 5) is 26.0. The number of rotatable bonds is 3. The lowest BCUT2D eigenvalue weighted by Gasteiger charge is -2.10. The fourth-order valence-electron chi connectivity index (χ4n) is 2.59. The van der Waals surface area contributed by atoms with Crippen LogP contribution in [0.3, 0.4) is 0 Å². The van der Waals surface area contributed by atoms with Crippen LogP contribution >= 0.6 is 0 Å². The zero-order valence-electron chi connectivity index (χ0n) is 12.0. The number of amides is 1. The summed E-state index contributed by atoms with van der Waals surface area (Å²) >= 11 is 0. The number of hydrogen-bond donors (Lipinski definition) is 1. The van der Waals surface area contributed by atoms with Gasteiger partial charge in [0.15, 0.2) is 5.78 Å². The second kappa shape index (κ2) is 5.14. The second-order valence-electron chi connectivity index (χ2n) is 5.42. The van der Waals surface area contributed by atoms with E-state index in [-0.39, 0.29) is 11.7 Å². The monoisotopic (exact) mass is 280 g/mol. The molecule has 0 aromatic heterocycles. The van der Waals surface area contributed by atoms with Crippen LogP contribution in [0.15, 0.2) is 42.5 Å². The van der Waals surface area contributed by atoms with E-state index in [1.807, 2.05) is 50.5 Å². The summed E-state index contributed by atoms with van der Waals surface area (Å²) in [5.74, 6) is -0.0766. The summed E-state index contributed by atoms with van der Waals surface area (Å²) in [6.45, 7) is 0.311. The van der Waals surface area contributed by atoms with Crippen molar-refractivity contribution in [1.82, 2.24) is 4.90 Å². The van der Waals surface area contributed by atoms with Gasteiger partial charge in [0.1, 0.15) is 0 Å². The van der Waals surface area contributed by atoms with Crippen molar-refractivity contribution in [2.45, 2.75) is 0 Å². The Kier molecular flexibility index (Phi) is 3.31. The summed E-state index contributed by atoms with van der Waals surface area (Å²) in [6, 6.07) is 13.1. The van der Waals surface area contributed by atoms with Crippen LogP contribution in [-0.2, 0) is 4.79 Å². The molecule has 2 aromatic carbocycles. The Morgan fingerprint density at radius 2 is 1.67 bits per heavy atom. The Hall–Kier alpha value is -2.46. The second-order valence-corrected chi connectivity index (χ2v) is 5.42. The molecule has 1 aliphatic rings. The summed E-state index contributed by atoms with van der Waals surface area (Å²) in [7, 11) is 3.67. The van der Waals surface area contributed by atoms with Crippen molar-refractivity contribution in [2.24, 2.45) is 0 Å². The maximum Gasteiger partial charge on any atom is 0.238 e. The molecule has 0 spiro atoms. The zero-order valence-corrected chi connectivity index (χ0v) is 12.0. The quantitative estimate of drug-likeness (QED) is 0.801. The molecule has 0 unspecified atom stereocenters. The number of likely N-dealkylation sites (N-methyl/N-ethyl adjacent to an activating group) is 1. The normalized spacial score (nSPS) is 12.2. The van der Waals surface area contributed by atoms with E-state index >= 15 is 0 Å². The first-order chi connectivity index (χ1) is 10.1. The first kappa shape index (κ1) is 13.5. The molecule has 2 aromatic rings. The van der Waals surface area contributed by atoms with Crippen LogP contribution < -0.4 is 5.32 Å². The Morgan fingerprint density at radius 1 is 1.00 bits per heavy atom. The standard InChI is InChI=1S/C17H16N2O2/c1-19(2)10-16(20)18-11-7-8-13-12-5-3-4-6-14(12)17(21)15(13)9-11/h3-9H,10H2,1-2H3,(H,18,20). The number of carbonyl (C=O) groups excluding carboxylic acids is 2. The van der Waals surface area contributed by atoms with Crippen LogP contribution in [0.5, 0.6) is 0 Å². The zero-order chi connectivity index (χ0) is 15.0. The first-order valence-electron chi connectivity index (χ1n) is 6.79. The van der Waals surface area contributed by atoms with Gasteiger partial charge in [0.25, 0.3) is 0 Å². The smallest absolute Gasteiger partial charge is 0.238 e. The molecule has 1 aliphatic carbocycles. The summed E-state index contributed by atoms with van der Waals surface area (Å²) < 4.78 is 0. The third-order valence-electron chi connectivity index (χ3n) is 3.47. The molecule has 0 radical (unpaired) electrons. The lowest BCUT2D eigenvalue weighted by Crippen LogP contribution is -2.27. The van der Waals surface area contributed by atoms with E-state index in [4.69, 9.17) is 0 Å². The van der Waals surface area contributed by atoms with Gasteiger partial charge in [-0.15, -0.1) is 0 Å². The average Bonchev–Trinajstić information content (AvgIpc) is 2.72. The highest BCUT2D eigenvalue weighted by Crippen LogP contribution is 2.37. The molecule has 3 rings (SSSR count). The van der Waals surface area contributed by atoms with Crippen molar-refractivity contribution in [3.05, 3.63) is 53.6 Å². The van der Waals surface area contributed by atoms with Gasteiger partial charge in [-0.3, -0.25) is 9.59 Å². The lowest BCUT2D eigenvalue weighted by molar-refractivity contribution is -0.116. The fraction of sp³-hybridized carbons (Fsp3) is 0.176. The number of fused-ring (bicyclic) bond motifs is 3. The van der Waals surface area contributed by atoms with E-state index in [9.17, 15) is 9.59 Å². The first-order valence-corrected chi connectivity index (χ1v) is 6.79. The number of ketones is 1. The molecule has 0 saturated heterocycles. The number of benzene rings is 2. The van der Waals surface area contributed by atoms with Crippen LogP contribution in [0, 0.1) is 0 Å². The predicted octanol–water partition coefficient (Wildman–Crippen LogP) is 2.40. The Labute approximate surface area is 123 Å². The molecule has 0 fully saturated rings. The number of hydrogen-bond acceptors (Lipinski definition) is 3. The lowest BCUT2D eigenvalue weighted by atomic mass is 10.1. The van der Waals surface area contributed by atoms with Gasteiger partial charge >= 0.3 is 0 Å². The molecule has 0 atom stereocenters. The Balaban J connectivity index is 1.91. The third kappa shape index (κ3) is 2.45. The molecule has 0 bridgehead atoms. The molecule has 0 heterocycles. The maximum atomic E-state index is 12.4. The van der Waals surface area contributed by atoms with Crippen LogP contribution in [-0.4, -0.2) is 37.2 Å². The van der Waals surface area contributed by atoms with E-state index in [0.717, 1.165) is 16.7 Å². The van der Waals surface area contributed by atoms with Gasteiger partial charge in [-0.1, -0.05) is 30.3 Å². The van der Waals surface area contributed by atoms with Gasteiger partial charge in [-0.05, 0) is 37.4 Å². The number of nitrogens with one attached hydrogen (secondary N) is 1. The van der Waals surface area contributed by atoms with Gasteiger partial charge in [-0.2, -0.15) is 0 Å².